The molecule has 1 atom stereocenters. The second-order valence-corrected chi connectivity index (χ2v) is 3.47. The van der Waals surface area contributed by atoms with Crippen LogP contribution in [0.4, 0.5) is 0 Å². The third-order valence-corrected chi connectivity index (χ3v) is 2.81. The van der Waals surface area contributed by atoms with E-state index < -0.39 is 0 Å². The van der Waals surface area contributed by atoms with Gasteiger partial charge >= 0.3 is 0 Å². The lowest BCUT2D eigenvalue weighted by atomic mass is 9.97. The first-order valence-electron chi connectivity index (χ1n) is 3.79. The van der Waals surface area contributed by atoms with Gasteiger partial charge in [0.05, 0.1) is 12.9 Å². The molecule has 1 aliphatic rings. The highest BCUT2D eigenvalue weighted by molar-refractivity contribution is 7.84. The lowest BCUT2D eigenvalue weighted by molar-refractivity contribution is 0.266. The molecule has 62 valence electrons. The summed E-state index contributed by atoms with van der Waals surface area (Å²) in [5.41, 5.74) is 1.23. The predicted octanol–water partition coefficient (Wildman–Crippen LogP) is 2.76. The van der Waals surface area contributed by atoms with Crippen LogP contribution in [-0.4, -0.2) is 7.11 Å². The van der Waals surface area contributed by atoms with E-state index in [1.807, 2.05) is 0 Å². The van der Waals surface area contributed by atoms with E-state index in [0.717, 1.165) is 12.2 Å². The molecule has 1 aliphatic carbocycles. The first-order chi connectivity index (χ1) is 5.15. The molecule has 1 nitrogen and oxygen atoms in total. The van der Waals surface area contributed by atoms with Crippen LogP contribution >= 0.6 is 12.6 Å². The molecule has 0 aromatic heterocycles. The van der Waals surface area contributed by atoms with E-state index in [2.05, 4.69) is 32.6 Å². The lowest BCUT2D eigenvalue weighted by Crippen LogP contribution is -2.05. The van der Waals surface area contributed by atoms with Crippen molar-refractivity contribution in [1.29, 1.82) is 0 Å². The van der Waals surface area contributed by atoms with Crippen molar-refractivity contribution in [3.05, 3.63) is 22.3 Å². The van der Waals surface area contributed by atoms with Crippen LogP contribution in [0.5, 0.6) is 0 Å². The normalized spacial score (nSPS) is 25.1. The maximum absolute atomic E-state index is 5.17. The average Bonchev–Trinajstić information content (AvgIpc) is 1.99. The Morgan fingerprint density at radius 1 is 1.64 bits per heavy atom. The zero-order valence-corrected chi connectivity index (χ0v) is 8.11. The van der Waals surface area contributed by atoms with Crippen LogP contribution in [0.3, 0.4) is 0 Å². The van der Waals surface area contributed by atoms with Crippen LogP contribution in [0.1, 0.15) is 20.3 Å². The second-order valence-electron chi connectivity index (χ2n) is 2.99. The van der Waals surface area contributed by atoms with Crippen LogP contribution in [-0.2, 0) is 4.74 Å². The van der Waals surface area contributed by atoms with Crippen molar-refractivity contribution in [3.63, 3.8) is 0 Å². The highest BCUT2D eigenvalue weighted by Gasteiger charge is 2.15. The number of methoxy groups -OCH3 is 1. The van der Waals surface area contributed by atoms with E-state index in [-0.39, 0.29) is 0 Å². The molecule has 1 unspecified atom stereocenters. The van der Waals surface area contributed by atoms with Crippen molar-refractivity contribution in [2.24, 2.45) is 5.92 Å². The van der Waals surface area contributed by atoms with Gasteiger partial charge in [0, 0.05) is 6.42 Å². The molecule has 0 aliphatic heterocycles. The minimum absolute atomic E-state index is 0.512. The Hall–Kier alpha value is -0.370. The Balaban J connectivity index is 2.87. The highest BCUT2D eigenvalue weighted by atomic mass is 32.1. The summed E-state index contributed by atoms with van der Waals surface area (Å²) in [5, 5.41) is 0. The molecule has 0 aromatic rings. The van der Waals surface area contributed by atoms with Gasteiger partial charge in [-0.25, -0.2) is 0 Å². The van der Waals surface area contributed by atoms with E-state index in [0.29, 0.717) is 5.92 Å². The number of thiol groups is 1. The molecule has 0 heterocycles. The summed E-state index contributed by atoms with van der Waals surface area (Å²) in [7, 11) is 1.72. The Bertz CT molecular complexity index is 216. The third-order valence-electron chi connectivity index (χ3n) is 2.02. The van der Waals surface area contributed by atoms with Gasteiger partial charge in [0.2, 0.25) is 0 Å². The summed E-state index contributed by atoms with van der Waals surface area (Å²) in [6.07, 6.45) is 3.04. The first kappa shape index (κ1) is 8.72. The first-order valence-corrected chi connectivity index (χ1v) is 4.24. The fourth-order valence-electron chi connectivity index (χ4n) is 1.30. The van der Waals surface area contributed by atoms with Gasteiger partial charge in [0.1, 0.15) is 0 Å². The van der Waals surface area contributed by atoms with E-state index in [1.54, 1.807) is 7.11 Å². The zero-order valence-electron chi connectivity index (χ0n) is 7.22. The Labute approximate surface area is 73.5 Å². The van der Waals surface area contributed by atoms with Gasteiger partial charge in [-0.2, -0.15) is 0 Å². The quantitative estimate of drug-likeness (QED) is 0.595. The summed E-state index contributed by atoms with van der Waals surface area (Å²) in [5.74, 6) is 1.58. The molecule has 2 heteroatoms. The molecule has 0 saturated carbocycles. The van der Waals surface area contributed by atoms with Crippen LogP contribution in [0, 0.1) is 5.92 Å². The molecule has 0 spiro atoms. The van der Waals surface area contributed by atoms with Gasteiger partial charge in [0.15, 0.2) is 0 Å². The van der Waals surface area contributed by atoms with E-state index in [4.69, 9.17) is 4.74 Å². The van der Waals surface area contributed by atoms with Crippen LogP contribution in [0.25, 0.3) is 0 Å². The van der Waals surface area contributed by atoms with E-state index in [1.165, 1.54) is 10.5 Å². The van der Waals surface area contributed by atoms with Crippen molar-refractivity contribution >= 4 is 12.6 Å². The smallest absolute Gasteiger partial charge is 0.0964 e. The minimum Gasteiger partial charge on any atom is -0.501 e. The van der Waals surface area contributed by atoms with Crippen molar-refractivity contribution in [2.75, 3.05) is 7.11 Å². The average molecular weight is 170 g/mol. The number of hydrogen-bond acceptors (Lipinski definition) is 2. The van der Waals surface area contributed by atoms with E-state index >= 15 is 0 Å². The fraction of sp³-hybridized carbons (Fsp3) is 0.556. The van der Waals surface area contributed by atoms with Crippen molar-refractivity contribution in [2.45, 2.75) is 20.3 Å². The molecule has 0 radical (unpaired) electrons. The number of ether oxygens (including phenoxy) is 1. The summed E-state index contributed by atoms with van der Waals surface area (Å²) in [6, 6.07) is 0. The molecular weight excluding hydrogens is 156 g/mol. The molecule has 11 heavy (non-hydrogen) atoms. The van der Waals surface area contributed by atoms with Crippen LogP contribution in [0.2, 0.25) is 0 Å². The minimum atomic E-state index is 0.512. The number of allylic oxidation sites excluding steroid dienone is 4. The third kappa shape index (κ3) is 1.80. The van der Waals surface area contributed by atoms with Gasteiger partial charge in [-0.1, -0.05) is 6.92 Å². The van der Waals surface area contributed by atoms with Gasteiger partial charge in [-0.15, -0.1) is 12.6 Å². The predicted molar refractivity (Wildman–Crippen MR) is 50.6 cm³/mol. The molecule has 0 bridgehead atoms. The van der Waals surface area contributed by atoms with Crippen molar-refractivity contribution in [1.82, 2.24) is 0 Å². The summed E-state index contributed by atoms with van der Waals surface area (Å²) in [6.45, 7) is 4.23. The zero-order chi connectivity index (χ0) is 8.43. The van der Waals surface area contributed by atoms with Gasteiger partial charge in [0.25, 0.3) is 0 Å². The summed E-state index contributed by atoms with van der Waals surface area (Å²) < 4.78 is 5.17. The maximum atomic E-state index is 5.17. The Morgan fingerprint density at radius 2 is 2.27 bits per heavy atom. The largest absolute Gasteiger partial charge is 0.501 e. The highest BCUT2D eigenvalue weighted by Crippen LogP contribution is 2.31. The van der Waals surface area contributed by atoms with Gasteiger partial charge < -0.3 is 4.74 Å². The van der Waals surface area contributed by atoms with E-state index in [9.17, 15) is 0 Å². The molecule has 0 saturated heterocycles. The molecule has 1 rings (SSSR count). The van der Waals surface area contributed by atoms with Crippen LogP contribution in [0.15, 0.2) is 22.3 Å². The molecule has 0 aromatic carbocycles. The second kappa shape index (κ2) is 3.35. The van der Waals surface area contributed by atoms with Crippen molar-refractivity contribution in [3.8, 4) is 0 Å². The maximum Gasteiger partial charge on any atom is 0.0964 e. The SMILES string of the molecule is COC1=CC(C)=C(S)C(C)C1. The topological polar surface area (TPSA) is 9.23 Å². The summed E-state index contributed by atoms with van der Waals surface area (Å²) >= 11 is 4.41. The summed E-state index contributed by atoms with van der Waals surface area (Å²) in [4.78, 5) is 1.19. The Morgan fingerprint density at radius 3 is 2.73 bits per heavy atom. The van der Waals surface area contributed by atoms with Crippen LogP contribution < -0.4 is 0 Å². The Kier molecular flexibility index (Phi) is 2.66. The monoisotopic (exact) mass is 170 g/mol. The molecule has 0 N–H and O–H groups in total. The lowest BCUT2D eigenvalue weighted by Gasteiger charge is -2.20. The van der Waals surface area contributed by atoms with Crippen molar-refractivity contribution < 1.29 is 4.74 Å². The molecule has 0 fully saturated rings. The number of rotatable bonds is 1. The number of hydrogen-bond donors (Lipinski definition) is 1. The fourth-order valence-corrected chi connectivity index (χ4v) is 1.46. The molecular formula is C9H14OS. The van der Waals surface area contributed by atoms with Gasteiger partial charge in [-0.05, 0) is 29.4 Å². The standard InChI is InChI=1S/C9H14OS/c1-6-4-8(10-3)5-7(2)9(6)11/h4,7,11H,5H2,1-3H3. The molecule has 0 amide bonds. The van der Waals surface area contributed by atoms with Gasteiger partial charge in [-0.3, -0.25) is 0 Å².